The van der Waals surface area contributed by atoms with Crippen LogP contribution >= 0.6 is 0 Å². The fraction of sp³-hybridized carbons (Fsp3) is 0.467. The Balaban J connectivity index is 1.94. The monoisotopic (exact) mass is 275 g/mol. The molecular weight excluding hydrogens is 254 g/mol. The van der Waals surface area contributed by atoms with E-state index in [-0.39, 0.29) is 5.91 Å². The van der Waals surface area contributed by atoms with Crippen LogP contribution in [0.3, 0.4) is 0 Å². The third-order valence-electron chi connectivity index (χ3n) is 3.26. The number of unbranched alkanes of at least 4 members (excludes halogenated alkanes) is 1. The van der Waals surface area contributed by atoms with Crippen molar-refractivity contribution in [1.82, 2.24) is 14.9 Å². The first-order chi connectivity index (χ1) is 9.74. The molecule has 0 aliphatic carbocycles. The lowest BCUT2D eigenvalue weighted by Gasteiger charge is -2.07. The SMILES string of the molecule is CCCCC(=O)NCCn1cnc2ccc(OC)cc21. The topological polar surface area (TPSA) is 56.2 Å². The Kier molecular flexibility index (Phi) is 4.98. The molecule has 5 heteroatoms. The summed E-state index contributed by atoms with van der Waals surface area (Å²) in [5.74, 6) is 0.931. The summed E-state index contributed by atoms with van der Waals surface area (Å²) in [6.45, 7) is 3.41. The van der Waals surface area contributed by atoms with E-state index in [9.17, 15) is 4.79 Å². The largest absolute Gasteiger partial charge is 0.497 e. The van der Waals surface area contributed by atoms with Crippen LogP contribution in [0.25, 0.3) is 11.0 Å². The average Bonchev–Trinajstić information content (AvgIpc) is 2.87. The second-order valence-corrected chi connectivity index (χ2v) is 4.75. The number of methoxy groups -OCH3 is 1. The van der Waals surface area contributed by atoms with Crippen LogP contribution in [0.15, 0.2) is 24.5 Å². The standard InChI is InChI=1S/C15H21N3O2/c1-3-4-5-15(19)16-8-9-18-11-17-13-7-6-12(20-2)10-14(13)18/h6-7,10-11H,3-5,8-9H2,1-2H3,(H,16,19). The van der Waals surface area contributed by atoms with Crippen molar-refractivity contribution in [2.24, 2.45) is 0 Å². The molecule has 0 aliphatic rings. The number of carbonyl (C=O) groups is 1. The highest BCUT2D eigenvalue weighted by Gasteiger charge is 2.05. The molecule has 2 aromatic rings. The van der Waals surface area contributed by atoms with Gasteiger partial charge in [-0.2, -0.15) is 0 Å². The lowest BCUT2D eigenvalue weighted by atomic mass is 10.2. The summed E-state index contributed by atoms with van der Waals surface area (Å²) in [7, 11) is 1.65. The fourth-order valence-electron chi connectivity index (χ4n) is 2.08. The molecule has 1 aromatic carbocycles. The molecule has 1 amide bonds. The number of hydrogen-bond donors (Lipinski definition) is 1. The van der Waals surface area contributed by atoms with Crippen LogP contribution in [0.5, 0.6) is 5.75 Å². The molecule has 0 unspecified atom stereocenters. The highest BCUT2D eigenvalue weighted by atomic mass is 16.5. The summed E-state index contributed by atoms with van der Waals surface area (Å²) in [6, 6.07) is 5.79. The van der Waals surface area contributed by atoms with Crippen molar-refractivity contribution >= 4 is 16.9 Å². The van der Waals surface area contributed by atoms with Gasteiger partial charge in [0.2, 0.25) is 5.91 Å². The fourth-order valence-corrected chi connectivity index (χ4v) is 2.08. The number of nitrogens with zero attached hydrogens (tertiary/aromatic N) is 2. The van der Waals surface area contributed by atoms with Crippen LogP contribution in [-0.4, -0.2) is 29.1 Å². The van der Waals surface area contributed by atoms with Gasteiger partial charge < -0.3 is 14.6 Å². The predicted octanol–water partition coefficient (Wildman–Crippen LogP) is 2.35. The summed E-state index contributed by atoms with van der Waals surface area (Å²) < 4.78 is 7.25. The number of amides is 1. The van der Waals surface area contributed by atoms with Gasteiger partial charge >= 0.3 is 0 Å². The van der Waals surface area contributed by atoms with Crippen molar-refractivity contribution in [3.05, 3.63) is 24.5 Å². The van der Waals surface area contributed by atoms with Crippen molar-refractivity contribution < 1.29 is 9.53 Å². The summed E-state index contributed by atoms with van der Waals surface area (Å²) in [4.78, 5) is 15.9. The molecule has 108 valence electrons. The molecule has 1 heterocycles. The van der Waals surface area contributed by atoms with E-state index in [1.165, 1.54) is 0 Å². The zero-order valence-corrected chi connectivity index (χ0v) is 12.1. The van der Waals surface area contributed by atoms with E-state index in [2.05, 4.69) is 17.2 Å². The molecule has 0 spiro atoms. The number of imidazole rings is 1. The Morgan fingerprint density at radius 3 is 3.05 bits per heavy atom. The Hall–Kier alpha value is -2.04. The molecule has 1 aromatic heterocycles. The maximum absolute atomic E-state index is 11.5. The lowest BCUT2D eigenvalue weighted by molar-refractivity contribution is -0.121. The first-order valence-electron chi connectivity index (χ1n) is 7.00. The molecule has 0 fully saturated rings. The zero-order valence-electron chi connectivity index (χ0n) is 12.1. The van der Waals surface area contributed by atoms with Gasteiger partial charge in [0.25, 0.3) is 0 Å². The van der Waals surface area contributed by atoms with Crippen LogP contribution in [-0.2, 0) is 11.3 Å². The zero-order chi connectivity index (χ0) is 14.4. The van der Waals surface area contributed by atoms with E-state index in [1.54, 1.807) is 13.4 Å². The molecule has 0 bridgehead atoms. The second kappa shape index (κ2) is 6.93. The van der Waals surface area contributed by atoms with E-state index in [1.807, 2.05) is 22.8 Å². The maximum atomic E-state index is 11.5. The van der Waals surface area contributed by atoms with Gasteiger partial charge in [-0.25, -0.2) is 4.98 Å². The minimum atomic E-state index is 0.119. The number of benzene rings is 1. The van der Waals surface area contributed by atoms with Crippen LogP contribution in [0.2, 0.25) is 0 Å². The number of nitrogens with one attached hydrogen (secondary N) is 1. The maximum Gasteiger partial charge on any atom is 0.220 e. The molecule has 20 heavy (non-hydrogen) atoms. The summed E-state index contributed by atoms with van der Waals surface area (Å²) in [5.41, 5.74) is 1.95. The van der Waals surface area contributed by atoms with Gasteiger partial charge in [0.15, 0.2) is 0 Å². The Morgan fingerprint density at radius 1 is 1.45 bits per heavy atom. The van der Waals surface area contributed by atoms with Gasteiger partial charge in [-0.3, -0.25) is 4.79 Å². The highest BCUT2D eigenvalue weighted by molar-refractivity contribution is 5.77. The Morgan fingerprint density at radius 2 is 2.30 bits per heavy atom. The van der Waals surface area contributed by atoms with Gasteiger partial charge in [0.05, 0.1) is 24.5 Å². The first kappa shape index (κ1) is 14.4. The van der Waals surface area contributed by atoms with E-state index < -0.39 is 0 Å². The van der Waals surface area contributed by atoms with Gasteiger partial charge in [-0.05, 0) is 18.6 Å². The number of rotatable bonds is 7. The summed E-state index contributed by atoms with van der Waals surface area (Å²) in [6.07, 6.45) is 4.38. The molecule has 0 aliphatic heterocycles. The van der Waals surface area contributed by atoms with E-state index >= 15 is 0 Å². The third kappa shape index (κ3) is 3.50. The number of hydrogen-bond acceptors (Lipinski definition) is 3. The first-order valence-corrected chi connectivity index (χ1v) is 7.00. The number of ether oxygens (including phenoxy) is 1. The van der Waals surface area contributed by atoms with Crippen LogP contribution in [0, 0.1) is 0 Å². The molecule has 5 nitrogen and oxygen atoms in total. The van der Waals surface area contributed by atoms with Crippen LogP contribution in [0.4, 0.5) is 0 Å². The Bertz CT molecular complexity index is 578. The normalized spacial score (nSPS) is 10.7. The predicted molar refractivity (Wildman–Crippen MR) is 78.8 cm³/mol. The molecule has 0 atom stereocenters. The van der Waals surface area contributed by atoms with E-state index in [0.717, 1.165) is 29.6 Å². The lowest BCUT2D eigenvalue weighted by Crippen LogP contribution is -2.26. The minimum Gasteiger partial charge on any atom is -0.497 e. The van der Waals surface area contributed by atoms with Gasteiger partial charge in [-0.1, -0.05) is 13.3 Å². The van der Waals surface area contributed by atoms with E-state index in [0.29, 0.717) is 19.5 Å². The van der Waals surface area contributed by atoms with E-state index in [4.69, 9.17) is 4.74 Å². The second-order valence-electron chi connectivity index (χ2n) is 4.75. The number of aromatic nitrogens is 2. The number of fused-ring (bicyclic) bond motifs is 1. The third-order valence-corrected chi connectivity index (χ3v) is 3.26. The van der Waals surface area contributed by atoms with Crippen LogP contribution < -0.4 is 10.1 Å². The van der Waals surface area contributed by atoms with Crippen LogP contribution in [0.1, 0.15) is 26.2 Å². The molecule has 1 N–H and O–H groups in total. The number of carbonyl (C=O) groups excluding carboxylic acids is 1. The molecule has 0 radical (unpaired) electrons. The quantitative estimate of drug-likeness (QED) is 0.844. The molecule has 2 rings (SSSR count). The average molecular weight is 275 g/mol. The summed E-state index contributed by atoms with van der Waals surface area (Å²) >= 11 is 0. The molecule has 0 saturated carbocycles. The minimum absolute atomic E-state index is 0.119. The van der Waals surface area contributed by atoms with Gasteiger partial charge in [0, 0.05) is 25.6 Å². The Labute approximate surface area is 118 Å². The highest BCUT2D eigenvalue weighted by Crippen LogP contribution is 2.19. The van der Waals surface area contributed by atoms with Crippen molar-refractivity contribution in [1.29, 1.82) is 0 Å². The smallest absolute Gasteiger partial charge is 0.220 e. The summed E-state index contributed by atoms with van der Waals surface area (Å²) in [5, 5.41) is 2.93. The molecular formula is C15H21N3O2. The molecule has 0 saturated heterocycles. The van der Waals surface area contributed by atoms with Gasteiger partial charge in [0.1, 0.15) is 5.75 Å². The van der Waals surface area contributed by atoms with Crippen molar-refractivity contribution in [3.8, 4) is 5.75 Å². The van der Waals surface area contributed by atoms with Crippen molar-refractivity contribution in [3.63, 3.8) is 0 Å². The van der Waals surface area contributed by atoms with Gasteiger partial charge in [-0.15, -0.1) is 0 Å². The van der Waals surface area contributed by atoms with Crippen molar-refractivity contribution in [2.45, 2.75) is 32.7 Å². The van der Waals surface area contributed by atoms with Crippen molar-refractivity contribution in [2.75, 3.05) is 13.7 Å².